The van der Waals surface area contributed by atoms with Crippen molar-refractivity contribution in [2.45, 2.75) is 25.8 Å². The number of carbonyl (C=O) groups is 1. The normalized spacial score (nSPS) is 11.6. The van der Waals surface area contributed by atoms with Crippen LogP contribution in [-0.4, -0.2) is 24.7 Å². The van der Waals surface area contributed by atoms with Crippen molar-refractivity contribution in [1.29, 1.82) is 0 Å². The van der Waals surface area contributed by atoms with Crippen molar-refractivity contribution in [3.8, 4) is 0 Å². The molecule has 1 aromatic carbocycles. The van der Waals surface area contributed by atoms with Gasteiger partial charge in [0.15, 0.2) is 5.11 Å². The van der Waals surface area contributed by atoms with Crippen LogP contribution < -0.4 is 10.6 Å². The fraction of sp³-hybridized carbons (Fsp3) is 0.333. The second kappa shape index (κ2) is 9.39. The van der Waals surface area contributed by atoms with E-state index in [4.69, 9.17) is 12.2 Å². The summed E-state index contributed by atoms with van der Waals surface area (Å²) in [6.45, 7) is 2.71. The molecular weight excluding hydrogens is 340 g/mol. The second-order valence-electron chi connectivity index (χ2n) is 5.44. The van der Waals surface area contributed by atoms with E-state index in [9.17, 15) is 4.79 Å². The predicted octanol–water partition coefficient (Wildman–Crippen LogP) is 3.56. The molecule has 0 aliphatic carbocycles. The Morgan fingerprint density at radius 3 is 2.67 bits per heavy atom. The Balaban J connectivity index is 1.95. The lowest BCUT2D eigenvalue weighted by atomic mass is 10.0. The smallest absolute Gasteiger partial charge is 0.305 e. The zero-order valence-corrected chi connectivity index (χ0v) is 15.5. The van der Waals surface area contributed by atoms with Crippen molar-refractivity contribution < 1.29 is 9.53 Å². The third-order valence-corrected chi connectivity index (χ3v) is 4.78. The molecule has 2 rings (SSSR count). The molecule has 0 saturated carbocycles. The van der Waals surface area contributed by atoms with Gasteiger partial charge in [0.2, 0.25) is 0 Å². The Morgan fingerprint density at radius 1 is 1.29 bits per heavy atom. The molecule has 0 aliphatic rings. The molecule has 2 N–H and O–H groups in total. The molecule has 0 fully saturated rings. The topological polar surface area (TPSA) is 50.4 Å². The van der Waals surface area contributed by atoms with Gasteiger partial charge >= 0.3 is 5.97 Å². The minimum absolute atomic E-state index is 0.0196. The van der Waals surface area contributed by atoms with E-state index in [2.05, 4.69) is 58.0 Å². The number of benzene rings is 1. The number of rotatable bonds is 7. The fourth-order valence-corrected chi connectivity index (χ4v) is 3.27. The highest BCUT2D eigenvalue weighted by Gasteiger charge is 2.16. The first kappa shape index (κ1) is 18.4. The van der Waals surface area contributed by atoms with E-state index in [0.717, 1.165) is 0 Å². The lowest BCUT2D eigenvalue weighted by molar-refractivity contribution is -0.140. The molecular formula is C18H22N2O2S2. The first-order chi connectivity index (χ1) is 11.6. The van der Waals surface area contributed by atoms with Crippen molar-refractivity contribution in [1.82, 2.24) is 10.6 Å². The average molecular weight is 363 g/mol. The Labute approximate surface area is 152 Å². The summed E-state index contributed by atoms with van der Waals surface area (Å²) in [7, 11) is 1.40. The molecule has 0 saturated heterocycles. The number of hydrogen-bond donors (Lipinski definition) is 2. The van der Waals surface area contributed by atoms with Crippen LogP contribution in [0, 0.1) is 6.92 Å². The molecule has 2 aromatic rings. The van der Waals surface area contributed by atoms with Crippen molar-refractivity contribution in [3.05, 3.63) is 57.8 Å². The minimum atomic E-state index is -0.202. The van der Waals surface area contributed by atoms with Crippen molar-refractivity contribution in [3.63, 3.8) is 0 Å². The van der Waals surface area contributed by atoms with Gasteiger partial charge in [-0.15, -0.1) is 11.3 Å². The lowest BCUT2D eigenvalue weighted by Crippen LogP contribution is -2.38. The molecule has 128 valence electrons. The summed E-state index contributed by atoms with van der Waals surface area (Å²) in [6.07, 6.45) is 1.07. The largest absolute Gasteiger partial charge is 0.469 e. The lowest BCUT2D eigenvalue weighted by Gasteiger charge is -2.20. The third kappa shape index (κ3) is 5.62. The third-order valence-electron chi connectivity index (χ3n) is 3.58. The monoisotopic (exact) mass is 362 g/mol. The van der Waals surface area contributed by atoms with Crippen LogP contribution in [0.5, 0.6) is 0 Å². The highest BCUT2D eigenvalue weighted by atomic mass is 32.1. The maximum atomic E-state index is 11.1. The molecule has 1 aromatic heterocycles. The van der Waals surface area contributed by atoms with E-state index in [-0.39, 0.29) is 12.0 Å². The standard InChI is InChI=1S/C18H22N2O2S2/c1-13-7-9-14(10-8-13)17(15-5-4-12-24-15)20-18(23)19-11-3-6-16(21)22-2/h4-5,7-10,12,17H,3,6,11H2,1-2H3,(H2,19,20,23)/t17-/m1/s1. The van der Waals surface area contributed by atoms with Crippen LogP contribution in [0.15, 0.2) is 41.8 Å². The number of nitrogens with one attached hydrogen (secondary N) is 2. The number of ether oxygens (including phenoxy) is 1. The van der Waals surface area contributed by atoms with Crippen molar-refractivity contribution in [2.75, 3.05) is 13.7 Å². The summed E-state index contributed by atoms with van der Waals surface area (Å²) in [5, 5.41) is 9.17. The maximum Gasteiger partial charge on any atom is 0.305 e. The Bertz CT molecular complexity index is 654. The van der Waals surface area contributed by atoms with Crippen LogP contribution in [0.1, 0.15) is 34.9 Å². The zero-order chi connectivity index (χ0) is 17.4. The first-order valence-corrected chi connectivity index (χ1v) is 9.10. The molecule has 4 nitrogen and oxygen atoms in total. The summed E-state index contributed by atoms with van der Waals surface area (Å²) in [5.41, 5.74) is 2.40. The number of carbonyl (C=O) groups excluding carboxylic acids is 1. The molecule has 0 bridgehead atoms. The molecule has 0 radical (unpaired) electrons. The molecule has 1 heterocycles. The summed E-state index contributed by atoms with van der Waals surface area (Å²) in [4.78, 5) is 12.3. The van der Waals surface area contributed by atoms with Gasteiger partial charge in [0, 0.05) is 17.8 Å². The van der Waals surface area contributed by atoms with Gasteiger partial charge in [0.1, 0.15) is 0 Å². The van der Waals surface area contributed by atoms with Crippen molar-refractivity contribution in [2.24, 2.45) is 0 Å². The van der Waals surface area contributed by atoms with Crippen LogP contribution in [0.3, 0.4) is 0 Å². The Hall–Kier alpha value is -1.92. The van der Waals surface area contributed by atoms with Crippen molar-refractivity contribution >= 4 is 34.6 Å². The molecule has 6 heteroatoms. The summed E-state index contributed by atoms with van der Waals surface area (Å²) in [6, 6.07) is 12.6. The minimum Gasteiger partial charge on any atom is -0.469 e. The number of esters is 1. The number of methoxy groups -OCH3 is 1. The van der Waals surface area contributed by atoms with E-state index in [1.54, 1.807) is 11.3 Å². The molecule has 0 spiro atoms. The Morgan fingerprint density at radius 2 is 2.04 bits per heavy atom. The van der Waals surface area contributed by atoms with Gasteiger partial charge in [-0.25, -0.2) is 0 Å². The summed E-state index contributed by atoms with van der Waals surface area (Å²) < 4.78 is 4.62. The summed E-state index contributed by atoms with van der Waals surface area (Å²) in [5.74, 6) is -0.202. The highest BCUT2D eigenvalue weighted by Crippen LogP contribution is 2.26. The van der Waals surface area contributed by atoms with Gasteiger partial charge in [-0.3, -0.25) is 4.79 Å². The molecule has 0 aliphatic heterocycles. The second-order valence-corrected chi connectivity index (χ2v) is 6.83. The van der Waals surface area contributed by atoms with Gasteiger partial charge in [0.05, 0.1) is 13.2 Å². The molecule has 0 unspecified atom stereocenters. The highest BCUT2D eigenvalue weighted by molar-refractivity contribution is 7.80. The quantitative estimate of drug-likeness (QED) is 0.448. The van der Waals surface area contributed by atoms with Crippen LogP contribution in [0.4, 0.5) is 0 Å². The van der Waals surface area contributed by atoms with Gasteiger partial charge in [-0.05, 0) is 42.6 Å². The molecule has 0 amide bonds. The van der Waals surface area contributed by atoms with Crippen LogP contribution in [-0.2, 0) is 9.53 Å². The molecule has 24 heavy (non-hydrogen) atoms. The van der Waals surface area contributed by atoms with Crippen LogP contribution >= 0.6 is 23.6 Å². The SMILES string of the molecule is COC(=O)CCCNC(=S)N[C@H](c1ccc(C)cc1)c1cccs1. The Kier molecular flexibility index (Phi) is 7.21. The van der Waals surface area contributed by atoms with E-state index >= 15 is 0 Å². The van der Waals surface area contributed by atoms with E-state index in [1.807, 2.05) is 6.07 Å². The number of thiocarbonyl (C=S) groups is 1. The molecule has 1 atom stereocenters. The van der Waals surface area contributed by atoms with Crippen LogP contribution in [0.2, 0.25) is 0 Å². The van der Waals surface area contributed by atoms with Crippen LogP contribution in [0.25, 0.3) is 0 Å². The van der Waals surface area contributed by atoms with E-state index in [0.29, 0.717) is 24.5 Å². The predicted molar refractivity (Wildman–Crippen MR) is 102 cm³/mol. The van der Waals surface area contributed by atoms with Gasteiger partial charge in [0.25, 0.3) is 0 Å². The first-order valence-electron chi connectivity index (χ1n) is 7.81. The maximum absolute atomic E-state index is 11.1. The number of hydrogen-bond acceptors (Lipinski definition) is 4. The fourth-order valence-electron chi connectivity index (χ4n) is 2.25. The van der Waals surface area contributed by atoms with E-state index in [1.165, 1.54) is 23.1 Å². The van der Waals surface area contributed by atoms with Gasteiger partial charge < -0.3 is 15.4 Å². The number of aryl methyl sites for hydroxylation is 1. The zero-order valence-electron chi connectivity index (χ0n) is 13.9. The number of thiophene rings is 1. The van der Waals surface area contributed by atoms with Gasteiger partial charge in [-0.1, -0.05) is 35.9 Å². The summed E-state index contributed by atoms with van der Waals surface area (Å²) >= 11 is 7.10. The van der Waals surface area contributed by atoms with E-state index < -0.39 is 0 Å². The average Bonchev–Trinajstić information content (AvgIpc) is 3.11. The van der Waals surface area contributed by atoms with Gasteiger partial charge in [-0.2, -0.15) is 0 Å².